The van der Waals surface area contributed by atoms with Crippen molar-refractivity contribution in [3.05, 3.63) is 65.7 Å². The zero-order valence-corrected chi connectivity index (χ0v) is 21.3. The molecule has 2 aromatic carbocycles. The molecule has 0 radical (unpaired) electrons. The van der Waals surface area contributed by atoms with E-state index in [9.17, 15) is 19.5 Å². The van der Waals surface area contributed by atoms with Gasteiger partial charge in [0.15, 0.2) is 0 Å². The SMILES string of the molecule is CC(C)(C)OC(=O)N[C@@H](Cc1ccc(O)cc1)C(=O)N[C@@H](Cc1ccccc1)C(=O)OC(C)(C)C. The highest BCUT2D eigenvalue weighted by Crippen LogP contribution is 2.15. The van der Waals surface area contributed by atoms with Gasteiger partial charge in [0.2, 0.25) is 5.91 Å². The summed E-state index contributed by atoms with van der Waals surface area (Å²) in [6.45, 7) is 10.4. The molecule has 35 heavy (non-hydrogen) atoms. The van der Waals surface area contributed by atoms with Gasteiger partial charge in [0, 0.05) is 12.8 Å². The molecule has 0 spiro atoms. The molecule has 3 N–H and O–H groups in total. The Kier molecular flexibility index (Phi) is 9.28. The van der Waals surface area contributed by atoms with Gasteiger partial charge in [0.05, 0.1) is 0 Å². The van der Waals surface area contributed by atoms with Crippen molar-refractivity contribution in [3.63, 3.8) is 0 Å². The quantitative estimate of drug-likeness (QED) is 0.490. The molecule has 2 amide bonds. The van der Waals surface area contributed by atoms with Crippen LogP contribution in [0.15, 0.2) is 54.6 Å². The molecule has 0 fully saturated rings. The Balaban J connectivity index is 2.26. The first-order valence-electron chi connectivity index (χ1n) is 11.6. The molecule has 8 nitrogen and oxygen atoms in total. The minimum absolute atomic E-state index is 0.0858. The molecule has 190 valence electrons. The normalized spacial score (nSPS) is 13.3. The van der Waals surface area contributed by atoms with E-state index in [4.69, 9.17) is 9.47 Å². The van der Waals surface area contributed by atoms with Crippen molar-refractivity contribution in [2.24, 2.45) is 0 Å². The van der Waals surface area contributed by atoms with Crippen LogP contribution in [0, 0.1) is 0 Å². The third kappa shape index (κ3) is 10.5. The molecule has 8 heteroatoms. The molecule has 0 aliphatic heterocycles. The Hall–Kier alpha value is -3.55. The van der Waals surface area contributed by atoms with Crippen LogP contribution in [0.4, 0.5) is 4.79 Å². The molecule has 2 aromatic rings. The van der Waals surface area contributed by atoms with Gasteiger partial charge in [-0.05, 0) is 64.8 Å². The van der Waals surface area contributed by atoms with E-state index in [1.807, 2.05) is 30.3 Å². The first-order valence-corrected chi connectivity index (χ1v) is 11.6. The average Bonchev–Trinajstić information content (AvgIpc) is 2.72. The smallest absolute Gasteiger partial charge is 0.408 e. The second-order valence-electron chi connectivity index (χ2n) is 10.4. The second kappa shape index (κ2) is 11.7. The molecular formula is C27H36N2O6. The zero-order chi connectivity index (χ0) is 26.2. The molecule has 2 rings (SSSR count). The maximum absolute atomic E-state index is 13.3. The molecule has 0 aromatic heterocycles. The highest BCUT2D eigenvalue weighted by Gasteiger charge is 2.31. The van der Waals surface area contributed by atoms with Crippen LogP contribution in [0.25, 0.3) is 0 Å². The summed E-state index contributed by atoms with van der Waals surface area (Å²) in [5, 5.41) is 14.9. The minimum Gasteiger partial charge on any atom is -0.508 e. The fraction of sp³-hybridized carbons (Fsp3) is 0.444. The first-order chi connectivity index (χ1) is 16.2. The Morgan fingerprint density at radius 2 is 1.26 bits per heavy atom. The van der Waals surface area contributed by atoms with Crippen molar-refractivity contribution >= 4 is 18.0 Å². The second-order valence-corrected chi connectivity index (χ2v) is 10.4. The maximum atomic E-state index is 13.3. The number of aromatic hydroxyl groups is 1. The van der Waals surface area contributed by atoms with Gasteiger partial charge in [-0.15, -0.1) is 0 Å². The van der Waals surface area contributed by atoms with E-state index >= 15 is 0 Å². The molecule has 0 aliphatic carbocycles. The number of nitrogens with one attached hydrogen (secondary N) is 2. The van der Waals surface area contributed by atoms with Gasteiger partial charge in [0.25, 0.3) is 0 Å². The Labute approximate surface area is 207 Å². The van der Waals surface area contributed by atoms with E-state index in [1.54, 1.807) is 53.7 Å². The highest BCUT2D eigenvalue weighted by atomic mass is 16.6. The lowest BCUT2D eigenvalue weighted by Gasteiger charge is -2.27. The number of hydrogen-bond donors (Lipinski definition) is 3. The van der Waals surface area contributed by atoms with Crippen LogP contribution in [-0.2, 0) is 31.9 Å². The van der Waals surface area contributed by atoms with Crippen LogP contribution in [-0.4, -0.2) is 46.4 Å². The minimum atomic E-state index is -1.03. The number of benzene rings is 2. The van der Waals surface area contributed by atoms with E-state index in [2.05, 4.69) is 10.6 Å². The monoisotopic (exact) mass is 484 g/mol. The number of ether oxygens (including phenoxy) is 2. The lowest BCUT2D eigenvalue weighted by atomic mass is 10.0. The van der Waals surface area contributed by atoms with E-state index in [0.29, 0.717) is 5.56 Å². The van der Waals surface area contributed by atoms with Gasteiger partial charge in [0.1, 0.15) is 29.0 Å². The number of carbonyl (C=O) groups excluding carboxylic acids is 3. The number of phenolic OH excluding ortho intramolecular Hbond substituents is 1. The molecule has 2 atom stereocenters. The topological polar surface area (TPSA) is 114 Å². The Bertz CT molecular complexity index is 991. The van der Waals surface area contributed by atoms with Crippen LogP contribution in [0.2, 0.25) is 0 Å². The third-order valence-electron chi connectivity index (χ3n) is 4.67. The summed E-state index contributed by atoms with van der Waals surface area (Å²) in [5.74, 6) is -1.05. The van der Waals surface area contributed by atoms with Crippen molar-refractivity contribution in [2.75, 3.05) is 0 Å². The predicted molar refractivity (Wildman–Crippen MR) is 133 cm³/mol. The average molecular weight is 485 g/mol. The number of phenols is 1. The highest BCUT2D eigenvalue weighted by molar-refractivity contribution is 5.90. The van der Waals surface area contributed by atoms with Gasteiger partial charge in [-0.3, -0.25) is 4.79 Å². The number of amides is 2. The van der Waals surface area contributed by atoms with Crippen molar-refractivity contribution in [1.29, 1.82) is 0 Å². The largest absolute Gasteiger partial charge is 0.508 e. The van der Waals surface area contributed by atoms with Crippen LogP contribution >= 0.6 is 0 Å². The summed E-state index contributed by atoms with van der Waals surface area (Å²) in [6.07, 6.45) is -0.411. The third-order valence-corrected chi connectivity index (χ3v) is 4.67. The van der Waals surface area contributed by atoms with Crippen molar-refractivity contribution in [2.45, 2.75) is 77.7 Å². The molecule has 0 heterocycles. The van der Waals surface area contributed by atoms with Gasteiger partial charge in [-0.2, -0.15) is 0 Å². The summed E-state index contributed by atoms with van der Waals surface area (Å²) in [4.78, 5) is 38.8. The van der Waals surface area contributed by atoms with Gasteiger partial charge in [-0.25, -0.2) is 9.59 Å². The summed E-state index contributed by atoms with van der Waals surface area (Å²) in [5.41, 5.74) is 0.0576. The molecule has 0 unspecified atom stereocenters. The number of hydrogen-bond acceptors (Lipinski definition) is 6. The number of rotatable bonds is 8. The molecule has 0 saturated heterocycles. The van der Waals surface area contributed by atoms with Gasteiger partial charge >= 0.3 is 12.1 Å². The van der Waals surface area contributed by atoms with Crippen molar-refractivity contribution in [1.82, 2.24) is 10.6 Å². The fourth-order valence-corrected chi connectivity index (χ4v) is 3.22. The van der Waals surface area contributed by atoms with E-state index in [1.165, 1.54) is 12.1 Å². The first kappa shape index (κ1) is 27.7. The maximum Gasteiger partial charge on any atom is 0.408 e. The van der Waals surface area contributed by atoms with Gasteiger partial charge < -0.3 is 25.2 Å². The molecular weight excluding hydrogens is 448 g/mol. The molecule has 0 bridgehead atoms. The standard InChI is InChI=1S/C27H36N2O6/c1-26(2,3)34-24(32)22(17-18-10-8-7-9-11-18)28-23(31)21(29-25(33)35-27(4,5)6)16-19-12-14-20(30)15-13-19/h7-15,21-22,30H,16-17H2,1-6H3,(H,28,31)(H,29,33)/t21-,22-/m0/s1. The van der Waals surface area contributed by atoms with Crippen molar-refractivity contribution in [3.8, 4) is 5.75 Å². The Morgan fingerprint density at radius 1 is 0.743 bits per heavy atom. The molecule has 0 saturated carbocycles. The lowest BCUT2D eigenvalue weighted by molar-refractivity contribution is -0.158. The molecule has 0 aliphatic rings. The van der Waals surface area contributed by atoms with Crippen molar-refractivity contribution < 1.29 is 29.0 Å². The summed E-state index contributed by atoms with van der Waals surface area (Å²) in [6, 6.07) is 13.6. The predicted octanol–water partition coefficient (Wildman–Crippen LogP) is 3.90. The van der Waals surface area contributed by atoms with Crippen LogP contribution < -0.4 is 10.6 Å². The summed E-state index contributed by atoms with van der Waals surface area (Å²) >= 11 is 0. The Morgan fingerprint density at radius 3 is 1.80 bits per heavy atom. The number of carbonyl (C=O) groups is 3. The van der Waals surface area contributed by atoms with E-state index in [-0.39, 0.29) is 18.6 Å². The van der Waals surface area contributed by atoms with Crippen LogP contribution in [0.3, 0.4) is 0 Å². The fourth-order valence-electron chi connectivity index (χ4n) is 3.22. The lowest BCUT2D eigenvalue weighted by Crippen LogP contribution is -2.54. The number of alkyl carbamates (subject to hydrolysis) is 1. The van der Waals surface area contributed by atoms with Crippen LogP contribution in [0.5, 0.6) is 5.75 Å². The van der Waals surface area contributed by atoms with E-state index < -0.39 is 41.3 Å². The van der Waals surface area contributed by atoms with Gasteiger partial charge in [-0.1, -0.05) is 42.5 Å². The van der Waals surface area contributed by atoms with E-state index in [0.717, 1.165) is 5.56 Å². The zero-order valence-electron chi connectivity index (χ0n) is 21.3. The summed E-state index contributed by atoms with van der Waals surface area (Å²) < 4.78 is 10.9. The summed E-state index contributed by atoms with van der Waals surface area (Å²) in [7, 11) is 0. The number of esters is 1. The van der Waals surface area contributed by atoms with Crippen LogP contribution in [0.1, 0.15) is 52.7 Å².